The van der Waals surface area contributed by atoms with Gasteiger partial charge in [0.1, 0.15) is 6.04 Å². The summed E-state index contributed by atoms with van der Waals surface area (Å²) in [6.45, 7) is 1.68. The molecule has 0 heterocycles. The first-order valence-electron chi connectivity index (χ1n) is 6.16. The van der Waals surface area contributed by atoms with Crippen LogP contribution < -0.4 is 0 Å². The van der Waals surface area contributed by atoms with Crippen molar-refractivity contribution < 1.29 is 24.2 Å². The third-order valence-corrected chi connectivity index (χ3v) is 2.86. The van der Waals surface area contributed by atoms with E-state index in [4.69, 9.17) is 0 Å². The Hall–Kier alpha value is -2.37. The number of methoxy groups -OCH3 is 1. The van der Waals surface area contributed by atoms with Crippen molar-refractivity contribution in [3.63, 3.8) is 0 Å². The summed E-state index contributed by atoms with van der Waals surface area (Å²) in [6.07, 6.45) is 0.199. The minimum atomic E-state index is -1.15. The molecule has 6 heteroatoms. The molecule has 1 N–H and O–H groups in total. The van der Waals surface area contributed by atoms with E-state index in [0.717, 1.165) is 17.6 Å². The van der Waals surface area contributed by atoms with Crippen molar-refractivity contribution in [2.75, 3.05) is 7.11 Å². The monoisotopic (exact) mass is 279 g/mol. The zero-order valence-corrected chi connectivity index (χ0v) is 11.4. The minimum Gasteiger partial charge on any atom is -0.480 e. The van der Waals surface area contributed by atoms with E-state index < -0.39 is 23.9 Å². The van der Waals surface area contributed by atoms with Crippen molar-refractivity contribution in [2.45, 2.75) is 25.9 Å². The number of nitrogens with zero attached hydrogens (tertiary/aromatic N) is 1. The first-order chi connectivity index (χ1) is 9.51. The number of hydrogen-bond donors (Lipinski definition) is 1. The van der Waals surface area contributed by atoms with Gasteiger partial charge in [-0.2, -0.15) is 0 Å². The molecule has 0 saturated carbocycles. The van der Waals surface area contributed by atoms with E-state index in [2.05, 4.69) is 4.74 Å². The minimum absolute atomic E-state index is 0.0412. The highest BCUT2D eigenvalue weighted by Gasteiger charge is 2.32. The van der Waals surface area contributed by atoms with Crippen LogP contribution in [0.15, 0.2) is 30.3 Å². The van der Waals surface area contributed by atoms with Crippen LogP contribution in [0.5, 0.6) is 0 Å². The van der Waals surface area contributed by atoms with Gasteiger partial charge in [0, 0.05) is 6.54 Å². The van der Waals surface area contributed by atoms with Gasteiger partial charge < -0.3 is 14.7 Å². The number of benzene rings is 1. The molecule has 1 rings (SSSR count). The zero-order chi connectivity index (χ0) is 15.1. The first-order valence-corrected chi connectivity index (χ1v) is 6.16. The maximum absolute atomic E-state index is 12.0. The summed E-state index contributed by atoms with van der Waals surface area (Å²) in [7, 11) is 1.09. The molecule has 0 spiro atoms. The lowest BCUT2D eigenvalue weighted by molar-refractivity contribution is -0.163. The second kappa shape index (κ2) is 7.28. The summed E-state index contributed by atoms with van der Waals surface area (Å²) < 4.78 is 4.38. The molecule has 0 aliphatic rings. The Morgan fingerprint density at radius 3 is 2.30 bits per heavy atom. The average Bonchev–Trinajstić information content (AvgIpc) is 2.46. The number of rotatable bonds is 5. The van der Waals surface area contributed by atoms with Gasteiger partial charge in [-0.15, -0.1) is 0 Å². The van der Waals surface area contributed by atoms with Gasteiger partial charge >= 0.3 is 17.8 Å². The molecule has 20 heavy (non-hydrogen) atoms. The van der Waals surface area contributed by atoms with Gasteiger partial charge in [-0.3, -0.25) is 4.79 Å². The molecule has 0 radical (unpaired) electrons. The van der Waals surface area contributed by atoms with Crippen LogP contribution >= 0.6 is 0 Å². The number of carboxylic acid groups (broad SMARTS) is 1. The number of aliphatic carboxylic acids is 1. The van der Waals surface area contributed by atoms with Gasteiger partial charge in [0.2, 0.25) is 0 Å². The molecule has 6 nitrogen and oxygen atoms in total. The normalized spacial score (nSPS) is 11.5. The molecule has 1 aromatic carbocycles. The lowest BCUT2D eigenvalue weighted by Gasteiger charge is -2.27. The van der Waals surface area contributed by atoms with Crippen LogP contribution in [-0.4, -0.2) is 41.0 Å². The molecule has 0 aliphatic heterocycles. The summed E-state index contributed by atoms with van der Waals surface area (Å²) in [5.41, 5.74) is 0.740. The van der Waals surface area contributed by atoms with Crippen molar-refractivity contribution in [1.82, 2.24) is 4.90 Å². The largest absolute Gasteiger partial charge is 0.480 e. The Bertz CT molecular complexity index is 486. The first kappa shape index (κ1) is 15.7. The van der Waals surface area contributed by atoms with Crippen LogP contribution in [0.1, 0.15) is 18.9 Å². The highest BCUT2D eigenvalue weighted by molar-refractivity contribution is 6.32. The van der Waals surface area contributed by atoms with E-state index in [1.165, 1.54) is 0 Å². The molecular weight excluding hydrogens is 262 g/mol. The van der Waals surface area contributed by atoms with E-state index >= 15 is 0 Å². The van der Waals surface area contributed by atoms with Gasteiger partial charge in [-0.05, 0) is 12.0 Å². The smallest absolute Gasteiger partial charge is 0.396 e. The Kier molecular flexibility index (Phi) is 5.71. The average molecular weight is 279 g/mol. The molecule has 0 saturated heterocycles. The third-order valence-electron chi connectivity index (χ3n) is 2.86. The number of ether oxygens (including phenoxy) is 1. The molecule has 1 amide bonds. The molecular formula is C14H17NO5. The standard InChI is InChI=1S/C14H17NO5/c1-3-11(13(17)18)15(12(16)14(19)20-2)9-10-7-5-4-6-8-10/h4-8,11H,3,9H2,1-2H3,(H,17,18). The summed E-state index contributed by atoms with van der Waals surface area (Å²) in [4.78, 5) is 35.6. The van der Waals surface area contributed by atoms with Gasteiger partial charge in [-0.25, -0.2) is 9.59 Å². The van der Waals surface area contributed by atoms with Crippen LogP contribution in [0.4, 0.5) is 0 Å². The second-order valence-electron chi connectivity index (χ2n) is 4.17. The number of amides is 1. The van der Waals surface area contributed by atoms with Gasteiger partial charge in [-0.1, -0.05) is 37.3 Å². The van der Waals surface area contributed by atoms with Crippen molar-refractivity contribution in [3.8, 4) is 0 Å². The van der Waals surface area contributed by atoms with Gasteiger partial charge in [0.05, 0.1) is 7.11 Å². The third kappa shape index (κ3) is 3.81. The van der Waals surface area contributed by atoms with Crippen LogP contribution in [0, 0.1) is 0 Å². The molecule has 0 fully saturated rings. The summed E-state index contributed by atoms with van der Waals surface area (Å²) >= 11 is 0. The van der Waals surface area contributed by atoms with Crippen LogP contribution in [0.3, 0.4) is 0 Å². The SMILES string of the molecule is CCC(C(=O)O)N(Cc1ccccc1)C(=O)C(=O)OC. The maximum atomic E-state index is 12.0. The topological polar surface area (TPSA) is 83.9 Å². The van der Waals surface area contributed by atoms with Gasteiger partial charge in [0.15, 0.2) is 0 Å². The van der Waals surface area contributed by atoms with Gasteiger partial charge in [0.25, 0.3) is 0 Å². The van der Waals surface area contributed by atoms with E-state index in [-0.39, 0.29) is 13.0 Å². The molecule has 1 unspecified atom stereocenters. The molecule has 0 aliphatic carbocycles. The lowest BCUT2D eigenvalue weighted by Crippen LogP contribution is -2.47. The molecule has 1 aromatic rings. The number of hydrogen-bond acceptors (Lipinski definition) is 4. The number of carboxylic acids is 1. The van der Waals surface area contributed by atoms with Crippen molar-refractivity contribution in [1.29, 1.82) is 0 Å². The Morgan fingerprint density at radius 1 is 1.25 bits per heavy atom. The van der Waals surface area contributed by atoms with E-state index in [1.54, 1.807) is 31.2 Å². The summed E-state index contributed by atoms with van der Waals surface area (Å²) in [5, 5.41) is 9.18. The van der Waals surface area contributed by atoms with E-state index in [9.17, 15) is 19.5 Å². The fourth-order valence-electron chi connectivity index (χ4n) is 1.84. The Labute approximate surface area is 117 Å². The Balaban J connectivity index is 3.03. The lowest BCUT2D eigenvalue weighted by atomic mass is 10.1. The highest BCUT2D eigenvalue weighted by atomic mass is 16.5. The van der Waals surface area contributed by atoms with E-state index in [0.29, 0.717) is 0 Å². The van der Waals surface area contributed by atoms with E-state index in [1.807, 2.05) is 6.07 Å². The Morgan fingerprint density at radius 2 is 1.85 bits per heavy atom. The predicted molar refractivity (Wildman–Crippen MR) is 70.7 cm³/mol. The summed E-state index contributed by atoms with van der Waals surface area (Å²) in [5.74, 6) is -3.17. The van der Waals surface area contributed by atoms with Crippen molar-refractivity contribution >= 4 is 17.8 Å². The number of esters is 1. The van der Waals surface area contributed by atoms with Crippen LogP contribution in [0.25, 0.3) is 0 Å². The molecule has 1 atom stereocenters. The highest BCUT2D eigenvalue weighted by Crippen LogP contribution is 2.12. The quantitative estimate of drug-likeness (QED) is 0.643. The maximum Gasteiger partial charge on any atom is 0.396 e. The fraction of sp³-hybridized carbons (Fsp3) is 0.357. The molecule has 0 aromatic heterocycles. The molecule has 0 bridgehead atoms. The summed E-state index contributed by atoms with van der Waals surface area (Å²) in [6, 6.07) is 7.81. The molecule has 108 valence electrons. The second-order valence-corrected chi connectivity index (χ2v) is 4.17. The number of carbonyl (C=O) groups excluding carboxylic acids is 2. The van der Waals surface area contributed by atoms with Crippen LogP contribution in [0.2, 0.25) is 0 Å². The van der Waals surface area contributed by atoms with Crippen LogP contribution in [-0.2, 0) is 25.7 Å². The predicted octanol–water partition coefficient (Wildman–Crippen LogP) is 1.05. The fourth-order valence-corrected chi connectivity index (χ4v) is 1.84. The zero-order valence-electron chi connectivity index (χ0n) is 11.4. The number of carbonyl (C=O) groups is 3. The van der Waals surface area contributed by atoms with Crippen molar-refractivity contribution in [2.24, 2.45) is 0 Å². The van der Waals surface area contributed by atoms with Crippen molar-refractivity contribution in [3.05, 3.63) is 35.9 Å².